The van der Waals surface area contributed by atoms with Crippen molar-refractivity contribution in [3.8, 4) is 11.5 Å². The van der Waals surface area contributed by atoms with E-state index < -0.39 is 179 Å². The van der Waals surface area contributed by atoms with Crippen LogP contribution in [0.3, 0.4) is 0 Å². The van der Waals surface area contributed by atoms with Crippen molar-refractivity contribution >= 4 is 112 Å². The number of carbonyl (C=O) groups is 15. The number of aldehydes is 1. The fraction of sp³-hybridized carbons (Fsp3) is 0.454. The lowest BCUT2D eigenvalue weighted by molar-refractivity contribution is -0.154. The number of nitrogens with zero attached hydrogens (tertiary/aromatic N) is 6. The Morgan fingerprint density at radius 1 is 0.527 bits per heavy atom. The molecule has 0 unspecified atom stereocenters. The Kier molecular flexibility index (Phi) is 36.4. The van der Waals surface area contributed by atoms with E-state index in [2.05, 4.69) is 47.5 Å². The van der Waals surface area contributed by atoms with Crippen molar-refractivity contribution in [1.82, 2.24) is 76.9 Å². The molecule has 34 heteroatoms. The van der Waals surface area contributed by atoms with E-state index in [0.717, 1.165) is 22.9 Å². The number of likely N-dealkylation sites (N-methyl/N-ethyl adjacent to an activating group) is 4. The van der Waals surface area contributed by atoms with Crippen LogP contribution in [0.5, 0.6) is 11.5 Å². The Morgan fingerprint density at radius 3 is 1.62 bits per heavy atom. The molecular weight excluding hydrogens is 1690 g/mol. The number of hydrogen-bond donors (Lipinski definition) is 12. The van der Waals surface area contributed by atoms with Gasteiger partial charge in [-0.1, -0.05) is 181 Å². The molecule has 3 saturated heterocycles. The normalized spacial score (nSPS) is 23.9. The molecule has 6 aromatic carbocycles. The Hall–Kier alpha value is -13.0. The van der Waals surface area contributed by atoms with Crippen LogP contribution in [0.2, 0.25) is 0 Å². The second-order valence-corrected chi connectivity index (χ2v) is 36.1. The number of aromatic nitrogens is 1. The van der Waals surface area contributed by atoms with Gasteiger partial charge in [0.25, 0.3) is 0 Å². The number of nitrogens with two attached hydrogens (primary N) is 1. The molecule has 10 rings (SSSR count). The number of aromatic amines is 1. The van der Waals surface area contributed by atoms with E-state index in [-0.39, 0.29) is 94.0 Å². The molecule has 700 valence electrons. The third-order valence-electron chi connectivity index (χ3n) is 24.4. The summed E-state index contributed by atoms with van der Waals surface area (Å²) >= 11 is 0.863. The van der Waals surface area contributed by atoms with Gasteiger partial charge < -0.3 is 92.8 Å². The summed E-state index contributed by atoms with van der Waals surface area (Å²) in [5.41, 5.74) is 7.94. The zero-order chi connectivity index (χ0) is 94.8. The van der Waals surface area contributed by atoms with Crippen LogP contribution in [0.25, 0.3) is 10.9 Å². The van der Waals surface area contributed by atoms with Gasteiger partial charge in [0.2, 0.25) is 82.7 Å². The number of H-pyrrole nitrogens is 1. The van der Waals surface area contributed by atoms with Gasteiger partial charge in [0.15, 0.2) is 0 Å². The summed E-state index contributed by atoms with van der Waals surface area (Å²) in [4.78, 5) is 236. The minimum atomic E-state index is -1.57. The highest BCUT2D eigenvalue weighted by Crippen LogP contribution is 2.35. The van der Waals surface area contributed by atoms with Crippen molar-refractivity contribution in [2.24, 2.45) is 17.6 Å². The average molecular weight is 1820 g/mol. The minimum Gasteiger partial charge on any atom is -0.508 e. The minimum absolute atomic E-state index is 0.0615. The summed E-state index contributed by atoms with van der Waals surface area (Å²) in [7, 11) is 5.66. The molecule has 13 N–H and O–H groups in total. The van der Waals surface area contributed by atoms with Crippen LogP contribution in [0.15, 0.2) is 170 Å². The molecule has 7 aromatic rings. The topological polar surface area (TPSA) is 454 Å². The maximum absolute atomic E-state index is 15.9. The van der Waals surface area contributed by atoms with E-state index in [1.807, 2.05) is 11.8 Å². The number of rotatable bonds is 22. The van der Waals surface area contributed by atoms with Gasteiger partial charge in [-0.05, 0) is 121 Å². The number of thioether (sulfide) groups is 1. The SMILES string of the molecule is CCCC[C@H]1C(=O)N2CCC[C@@]2(C=O)CN2CCC[C@H]2C(=O)N[C@@H](C(C)C)C(=O)N(C)[C@@H](Cc2ccccc2)C(=O)N[C@@H](Cc2ccc(O)cc2)C(=O)N(C)CC(=O)N[C@@H](Cc2c[nH]c3ccccc23)C(=O)N[C@@H](Cc2ccc(O)cc2)C(=O)N[C@@H](CC(C)C)C(=O)N[C@H](C(=O)NCC(N)=O)CSCC(=O)N[C@@H](Cc2ccccc2)C(=O)N(C)[C@@H](Cc2ccccc2)C(=O)N1C. The van der Waals surface area contributed by atoms with Crippen LogP contribution in [0.4, 0.5) is 0 Å². The molecule has 0 spiro atoms. The second kappa shape index (κ2) is 47.5. The zero-order valence-electron chi connectivity index (χ0n) is 75.8. The van der Waals surface area contributed by atoms with Crippen molar-refractivity contribution in [3.63, 3.8) is 0 Å². The molecule has 4 heterocycles. The van der Waals surface area contributed by atoms with Crippen molar-refractivity contribution in [2.45, 2.75) is 197 Å². The van der Waals surface area contributed by atoms with Crippen molar-refractivity contribution < 1.29 is 82.1 Å². The lowest BCUT2D eigenvalue weighted by atomic mass is 9.94. The van der Waals surface area contributed by atoms with Gasteiger partial charge in [-0.15, -0.1) is 11.8 Å². The van der Waals surface area contributed by atoms with E-state index >= 15 is 47.9 Å². The molecule has 0 saturated carbocycles. The summed E-state index contributed by atoms with van der Waals surface area (Å²) < 4.78 is 0. The van der Waals surface area contributed by atoms with Gasteiger partial charge in [-0.3, -0.25) is 72.0 Å². The number of phenols is 2. The molecule has 3 aliphatic heterocycles. The maximum atomic E-state index is 15.9. The third-order valence-corrected chi connectivity index (χ3v) is 25.5. The molecule has 0 radical (unpaired) electrons. The number of aromatic hydroxyl groups is 2. The first-order chi connectivity index (χ1) is 62.6. The van der Waals surface area contributed by atoms with Crippen molar-refractivity contribution in [1.29, 1.82) is 0 Å². The van der Waals surface area contributed by atoms with Gasteiger partial charge in [-0.2, -0.15) is 0 Å². The number of para-hydroxylation sites is 1. The zero-order valence-corrected chi connectivity index (χ0v) is 76.6. The first-order valence-corrected chi connectivity index (χ1v) is 45.8. The van der Waals surface area contributed by atoms with Crippen molar-refractivity contribution in [2.75, 3.05) is 72.4 Å². The molecular formula is C97H124N16O17S. The molecule has 12 atom stereocenters. The number of nitrogens with one attached hydrogen (secondary N) is 9. The number of hydrogen-bond acceptors (Lipinski definition) is 19. The number of fused-ring (bicyclic) bond motifs is 3. The largest absolute Gasteiger partial charge is 0.508 e. The van der Waals surface area contributed by atoms with E-state index in [1.165, 1.54) is 84.2 Å². The summed E-state index contributed by atoms with van der Waals surface area (Å²) in [5, 5.41) is 43.8. The monoisotopic (exact) mass is 1820 g/mol. The van der Waals surface area contributed by atoms with Gasteiger partial charge >= 0.3 is 0 Å². The fourth-order valence-corrected chi connectivity index (χ4v) is 18.0. The Bertz CT molecular complexity index is 5150. The predicted octanol–water partition coefficient (Wildman–Crippen LogP) is 3.93. The third kappa shape index (κ3) is 27.6. The molecule has 33 nitrogen and oxygen atoms in total. The number of unbranched alkanes of at least 4 members (excludes halogenated alkanes) is 1. The Morgan fingerprint density at radius 2 is 1.04 bits per heavy atom. The Labute approximate surface area is 768 Å². The summed E-state index contributed by atoms with van der Waals surface area (Å²) in [6.45, 7) is 7.84. The number of amides is 14. The first kappa shape index (κ1) is 100. The Balaban J connectivity index is 1.04. The van der Waals surface area contributed by atoms with Gasteiger partial charge in [0.05, 0.1) is 24.9 Å². The van der Waals surface area contributed by atoms with Crippen LogP contribution in [0, 0.1) is 11.8 Å². The molecule has 0 aliphatic carbocycles. The maximum Gasteiger partial charge on any atom is 0.246 e. The predicted molar refractivity (Wildman–Crippen MR) is 495 cm³/mol. The standard InChI is InChI=1S/C97H124N16O17S/c1-10-11-33-79-95(129)113-45-24-43-97(113,59-114)58-112-44-23-34-78(112)90(124)107-85(61(4)5)96(130)110(8)80(50-63-27-17-13-18-28-63)91(125)105-75(49-66-37-41-69(116)42-38-66)92(126)108(6)55-83(118)101-74(52-67-53-99-71-32-22-21-31-70(67)71)89(123)104-73(47-65-35-39-68(115)40-36-65)88(122)103-72(46-60(2)3)87(121)106-77(86(120)100-54-82(98)117)56-131-57-84(119)102-76(48-62-25-15-12-16-26-62)93(127)111(9)81(94(128)109(79)7)51-64-29-19-14-20-30-64/h12-22,25-32,35-42,53,59-61,72-81,85,99,115-116H,10-11,23-24,33-34,43-52,54-58H2,1-9H3,(H2,98,117)(H,100,120)(H,101,118)(H,102,119)(H,103,122)(H,104,123)(H,105,125)(H,106,121)(H,107,124)/t72-,73-,74-,75-,76-,77-,78-,79-,80-,81-,85-,97-/m0/s1. The van der Waals surface area contributed by atoms with Gasteiger partial charge in [0, 0.05) is 103 Å². The highest BCUT2D eigenvalue weighted by Gasteiger charge is 2.51. The average Bonchev–Trinajstić information content (AvgIpc) is 1.65. The molecule has 3 fully saturated rings. The van der Waals surface area contributed by atoms with Gasteiger partial charge in [-0.25, -0.2) is 0 Å². The highest BCUT2D eigenvalue weighted by atomic mass is 32.2. The number of carbonyl (C=O) groups excluding carboxylic acids is 15. The molecule has 3 aliphatic rings. The quantitative estimate of drug-likeness (QED) is 0.0428. The smallest absolute Gasteiger partial charge is 0.246 e. The number of phenolic OH excluding ortho intramolecular Hbond substituents is 2. The van der Waals surface area contributed by atoms with E-state index in [1.54, 1.807) is 161 Å². The summed E-state index contributed by atoms with van der Waals surface area (Å²) in [6, 6.07) is 30.2. The van der Waals surface area contributed by atoms with Crippen LogP contribution in [0.1, 0.15) is 119 Å². The van der Waals surface area contributed by atoms with Crippen LogP contribution in [-0.2, 0) is 110 Å². The number of benzene rings is 6. The summed E-state index contributed by atoms with van der Waals surface area (Å²) in [5.74, 6) is -12.9. The fourth-order valence-electron chi connectivity index (χ4n) is 17.2. The van der Waals surface area contributed by atoms with Crippen LogP contribution in [-0.4, -0.2) is 278 Å². The molecule has 131 heavy (non-hydrogen) atoms. The number of primary amides is 1. The first-order valence-electron chi connectivity index (χ1n) is 44.7. The second-order valence-electron chi connectivity index (χ2n) is 35.1. The molecule has 14 amide bonds. The van der Waals surface area contributed by atoms with E-state index in [0.29, 0.717) is 82.9 Å². The molecule has 1 aromatic heterocycles. The van der Waals surface area contributed by atoms with E-state index in [4.69, 9.17) is 5.73 Å². The van der Waals surface area contributed by atoms with Crippen LogP contribution >= 0.6 is 11.8 Å². The lowest BCUT2D eigenvalue weighted by Gasteiger charge is -2.42. The summed E-state index contributed by atoms with van der Waals surface area (Å²) in [6.07, 6.45) is 3.88. The molecule has 0 bridgehead atoms. The van der Waals surface area contributed by atoms with E-state index in [9.17, 15) is 34.2 Å². The van der Waals surface area contributed by atoms with Crippen molar-refractivity contribution in [3.05, 3.63) is 203 Å². The lowest BCUT2D eigenvalue weighted by Crippen LogP contribution is -2.63. The highest BCUT2D eigenvalue weighted by molar-refractivity contribution is 8.00. The van der Waals surface area contributed by atoms with Crippen LogP contribution < -0.4 is 48.3 Å². The van der Waals surface area contributed by atoms with Gasteiger partial charge in [0.1, 0.15) is 83.7 Å².